The van der Waals surface area contributed by atoms with Gasteiger partial charge in [0.05, 0.1) is 11.3 Å². The first kappa shape index (κ1) is 4.39. The first-order valence-corrected chi connectivity index (χ1v) is 3.29. The van der Waals surface area contributed by atoms with Crippen molar-refractivity contribution in [3.63, 3.8) is 0 Å². The number of rotatable bonds is 0. The highest BCUT2D eigenvalue weighted by atomic mass is 32.1. The molecule has 1 aliphatic heterocycles. The van der Waals surface area contributed by atoms with Crippen molar-refractivity contribution >= 4 is 11.3 Å². The van der Waals surface area contributed by atoms with Crippen molar-refractivity contribution < 1.29 is 4.74 Å². The van der Waals surface area contributed by atoms with Gasteiger partial charge in [-0.05, 0) is 11.4 Å². The van der Waals surface area contributed by atoms with E-state index in [-0.39, 0.29) is 0 Å². The third-order valence-electron chi connectivity index (χ3n) is 1.09. The zero-order chi connectivity index (χ0) is 5.40. The second-order valence-electron chi connectivity index (χ2n) is 1.58. The molecule has 0 amide bonds. The Morgan fingerprint density at radius 1 is 1.75 bits per heavy atom. The Hall–Kier alpha value is -0.500. The van der Waals surface area contributed by atoms with Crippen LogP contribution in [0.1, 0.15) is 4.88 Å². The minimum absolute atomic E-state index is 0.641. The number of hydrogen-bond donors (Lipinski definition) is 0. The van der Waals surface area contributed by atoms with Crippen LogP contribution in [0.4, 0.5) is 0 Å². The summed E-state index contributed by atoms with van der Waals surface area (Å²) < 4.78 is 5.14. The standard InChI is InChI=1S/C6H4OS/c1-3-7-5-2-4-8-6(1)5/h2,4H,3H2. The second-order valence-corrected chi connectivity index (χ2v) is 2.50. The lowest BCUT2D eigenvalue weighted by molar-refractivity contribution is 0.377. The van der Waals surface area contributed by atoms with Crippen LogP contribution < -0.4 is 4.74 Å². The lowest BCUT2D eigenvalue weighted by atomic mass is 10.4. The summed E-state index contributed by atoms with van der Waals surface area (Å²) >= 11 is 1.68. The van der Waals surface area contributed by atoms with Crippen molar-refractivity contribution in [2.45, 2.75) is 0 Å². The molecule has 0 bridgehead atoms. The van der Waals surface area contributed by atoms with E-state index in [2.05, 4.69) is 6.42 Å². The monoisotopic (exact) mass is 124 g/mol. The largest absolute Gasteiger partial charge is 0.491 e. The van der Waals surface area contributed by atoms with Gasteiger partial charge in [0, 0.05) is 0 Å². The van der Waals surface area contributed by atoms with Gasteiger partial charge in [-0.15, -0.1) is 11.3 Å². The molecule has 0 atom stereocenters. The van der Waals surface area contributed by atoms with E-state index in [9.17, 15) is 0 Å². The number of hydrogen-bond acceptors (Lipinski definition) is 2. The van der Waals surface area contributed by atoms with Crippen LogP contribution in [0.2, 0.25) is 0 Å². The zero-order valence-electron chi connectivity index (χ0n) is 4.18. The lowest BCUT2D eigenvalue weighted by Crippen LogP contribution is -1.84. The van der Waals surface area contributed by atoms with Gasteiger partial charge in [-0.3, -0.25) is 0 Å². The molecule has 8 heavy (non-hydrogen) atoms. The summed E-state index contributed by atoms with van der Waals surface area (Å²) in [6.07, 6.45) is 3.08. The van der Waals surface area contributed by atoms with E-state index in [0.29, 0.717) is 6.61 Å². The SMILES string of the molecule is [C]1COc2ccsc21. The van der Waals surface area contributed by atoms with Crippen LogP contribution in [0.3, 0.4) is 0 Å². The maximum absolute atomic E-state index is 5.14. The molecule has 1 aromatic rings. The Kier molecular flexibility index (Phi) is 0.815. The quantitative estimate of drug-likeness (QED) is 0.510. The van der Waals surface area contributed by atoms with Crippen LogP contribution in [0.5, 0.6) is 5.75 Å². The topological polar surface area (TPSA) is 9.23 Å². The van der Waals surface area contributed by atoms with E-state index < -0.39 is 0 Å². The summed E-state index contributed by atoms with van der Waals surface area (Å²) in [5, 5.41) is 2.01. The molecule has 0 N–H and O–H groups in total. The van der Waals surface area contributed by atoms with Crippen molar-refractivity contribution in [2.75, 3.05) is 6.61 Å². The fourth-order valence-electron chi connectivity index (χ4n) is 0.719. The van der Waals surface area contributed by atoms with Gasteiger partial charge in [-0.2, -0.15) is 0 Å². The first-order valence-electron chi connectivity index (χ1n) is 2.41. The Balaban J connectivity index is 2.54. The molecule has 0 unspecified atom stereocenters. The Morgan fingerprint density at radius 3 is 3.62 bits per heavy atom. The molecule has 0 fully saturated rings. The van der Waals surface area contributed by atoms with Gasteiger partial charge < -0.3 is 4.74 Å². The third kappa shape index (κ3) is 0.464. The van der Waals surface area contributed by atoms with Crippen LogP contribution in [0.15, 0.2) is 11.4 Å². The molecular formula is C6H4OS. The van der Waals surface area contributed by atoms with Gasteiger partial charge in [-0.25, -0.2) is 0 Å². The summed E-state index contributed by atoms with van der Waals surface area (Å²) in [5.41, 5.74) is 0. The van der Waals surface area contributed by atoms with E-state index in [1.807, 2.05) is 11.4 Å². The molecule has 2 heteroatoms. The summed E-state index contributed by atoms with van der Waals surface area (Å²) in [4.78, 5) is 1.16. The van der Waals surface area contributed by atoms with E-state index in [4.69, 9.17) is 4.74 Å². The highest BCUT2D eigenvalue weighted by Gasteiger charge is 2.12. The molecule has 1 aliphatic rings. The molecule has 0 spiro atoms. The van der Waals surface area contributed by atoms with Crippen LogP contribution in [-0.4, -0.2) is 6.61 Å². The van der Waals surface area contributed by atoms with E-state index >= 15 is 0 Å². The molecule has 2 rings (SSSR count). The summed E-state index contributed by atoms with van der Waals surface area (Å²) in [6.45, 7) is 0.641. The molecule has 2 radical (unpaired) electrons. The molecular weight excluding hydrogens is 120 g/mol. The summed E-state index contributed by atoms with van der Waals surface area (Å²) in [6, 6.07) is 1.97. The predicted molar refractivity (Wildman–Crippen MR) is 32.2 cm³/mol. The number of fused-ring (bicyclic) bond motifs is 1. The third-order valence-corrected chi connectivity index (χ3v) is 1.94. The number of thiophene rings is 1. The fraction of sp³-hybridized carbons (Fsp3) is 0.167. The lowest BCUT2D eigenvalue weighted by Gasteiger charge is -1.86. The van der Waals surface area contributed by atoms with Crippen LogP contribution in [0, 0.1) is 6.42 Å². The summed E-state index contributed by atoms with van der Waals surface area (Å²) in [7, 11) is 0. The van der Waals surface area contributed by atoms with Gasteiger partial charge in [0.15, 0.2) is 0 Å². The molecule has 0 aliphatic carbocycles. The smallest absolute Gasteiger partial charge is 0.133 e. The van der Waals surface area contributed by atoms with Crippen molar-refractivity contribution in [3.05, 3.63) is 22.7 Å². The van der Waals surface area contributed by atoms with E-state index in [1.165, 1.54) is 0 Å². The minimum Gasteiger partial charge on any atom is -0.491 e. The van der Waals surface area contributed by atoms with E-state index in [1.54, 1.807) is 11.3 Å². The summed E-state index contributed by atoms with van der Waals surface area (Å²) in [5.74, 6) is 0.995. The average Bonchev–Trinajstić information content (AvgIpc) is 2.15. The van der Waals surface area contributed by atoms with E-state index in [0.717, 1.165) is 10.6 Å². The van der Waals surface area contributed by atoms with Gasteiger partial charge in [-0.1, -0.05) is 0 Å². The van der Waals surface area contributed by atoms with Crippen molar-refractivity contribution in [2.24, 2.45) is 0 Å². The normalized spacial score (nSPS) is 15.5. The molecule has 1 aromatic heterocycles. The first-order chi connectivity index (χ1) is 3.97. The number of ether oxygens (including phenoxy) is 1. The van der Waals surface area contributed by atoms with Crippen LogP contribution in [-0.2, 0) is 0 Å². The van der Waals surface area contributed by atoms with Gasteiger partial charge in [0.1, 0.15) is 12.4 Å². The van der Waals surface area contributed by atoms with Crippen molar-refractivity contribution in [1.29, 1.82) is 0 Å². The Bertz CT molecular complexity index is 174. The molecule has 2 heterocycles. The maximum Gasteiger partial charge on any atom is 0.133 e. The van der Waals surface area contributed by atoms with Gasteiger partial charge >= 0.3 is 0 Å². The molecule has 0 saturated carbocycles. The van der Waals surface area contributed by atoms with Crippen LogP contribution in [0.25, 0.3) is 0 Å². The fourth-order valence-corrected chi connectivity index (χ4v) is 1.43. The second kappa shape index (κ2) is 1.49. The van der Waals surface area contributed by atoms with Crippen molar-refractivity contribution in [3.8, 4) is 5.75 Å². The van der Waals surface area contributed by atoms with Gasteiger partial charge in [0.2, 0.25) is 0 Å². The highest BCUT2D eigenvalue weighted by Crippen LogP contribution is 2.30. The maximum atomic E-state index is 5.14. The Labute approximate surface area is 51.9 Å². The van der Waals surface area contributed by atoms with Crippen molar-refractivity contribution in [1.82, 2.24) is 0 Å². The highest BCUT2D eigenvalue weighted by molar-refractivity contribution is 7.10. The molecule has 40 valence electrons. The zero-order valence-corrected chi connectivity index (χ0v) is 4.99. The average molecular weight is 124 g/mol. The van der Waals surface area contributed by atoms with Crippen LogP contribution >= 0.6 is 11.3 Å². The Morgan fingerprint density at radius 2 is 2.75 bits per heavy atom. The van der Waals surface area contributed by atoms with Gasteiger partial charge in [0.25, 0.3) is 0 Å². The molecule has 1 nitrogen and oxygen atoms in total. The molecule has 0 saturated heterocycles. The minimum atomic E-state index is 0.641. The molecule has 0 aromatic carbocycles. The predicted octanol–water partition coefficient (Wildman–Crippen LogP) is 1.57.